The first-order valence-electron chi connectivity index (χ1n) is 12.2. The monoisotopic (exact) mass is 604 g/mol. The van der Waals surface area contributed by atoms with Gasteiger partial charge in [0.2, 0.25) is 10.0 Å². The fraction of sp³-hybridized carbons (Fsp3) is 0.417. The van der Waals surface area contributed by atoms with E-state index in [1.54, 1.807) is 6.92 Å². The zero-order chi connectivity index (χ0) is 29.6. The van der Waals surface area contributed by atoms with Gasteiger partial charge in [0.15, 0.2) is 5.69 Å². The van der Waals surface area contributed by atoms with Crippen LogP contribution in [-0.2, 0) is 22.7 Å². The van der Waals surface area contributed by atoms with Crippen molar-refractivity contribution in [3.8, 4) is 0 Å². The van der Waals surface area contributed by atoms with Gasteiger partial charge in [-0.3, -0.25) is 14.3 Å². The number of carbonyl (C=O) groups excluding carboxylic acids is 2. The van der Waals surface area contributed by atoms with Crippen LogP contribution in [0.15, 0.2) is 18.2 Å². The Labute approximate surface area is 231 Å². The Balaban J connectivity index is 1.67. The van der Waals surface area contributed by atoms with Crippen LogP contribution < -0.4 is 11.1 Å². The Morgan fingerprint density at radius 3 is 2.42 bits per heavy atom. The number of halogens is 5. The van der Waals surface area contributed by atoms with Gasteiger partial charge in [-0.1, -0.05) is 11.6 Å². The summed E-state index contributed by atoms with van der Waals surface area (Å²) in [5.74, 6) is -3.16. The van der Waals surface area contributed by atoms with E-state index in [-0.39, 0.29) is 58.5 Å². The second-order valence-corrected chi connectivity index (χ2v) is 12.1. The van der Waals surface area contributed by atoms with Crippen molar-refractivity contribution in [1.82, 2.24) is 19.1 Å². The molecule has 0 bridgehead atoms. The molecule has 3 N–H and O–H groups in total. The number of anilines is 1. The smallest absolute Gasteiger partial charge is 0.364 e. The number of nitrogens with zero attached hydrogens (tertiary/aromatic N) is 4. The van der Waals surface area contributed by atoms with Gasteiger partial charge >= 0.3 is 6.18 Å². The van der Waals surface area contributed by atoms with E-state index >= 15 is 0 Å². The number of nitrogens with one attached hydrogen (secondary N) is 1. The number of aromatic nitrogens is 3. The maximum atomic E-state index is 14.0. The molecule has 16 heteroatoms. The molecule has 1 aliphatic heterocycles. The van der Waals surface area contributed by atoms with Gasteiger partial charge in [-0.15, -0.1) is 0 Å². The van der Waals surface area contributed by atoms with Gasteiger partial charge in [0, 0.05) is 31.1 Å². The third kappa shape index (κ3) is 5.90. The number of benzene rings is 1. The Bertz CT molecular complexity index is 1600. The van der Waals surface area contributed by atoms with E-state index in [1.807, 2.05) is 0 Å². The summed E-state index contributed by atoms with van der Waals surface area (Å²) in [6, 6.07) is 2.94. The van der Waals surface area contributed by atoms with E-state index in [0.717, 1.165) is 22.9 Å². The van der Waals surface area contributed by atoms with Crippen LogP contribution in [0.2, 0.25) is 5.02 Å². The molecule has 3 aromatic rings. The molecule has 1 fully saturated rings. The van der Waals surface area contributed by atoms with Crippen LogP contribution in [0.5, 0.6) is 0 Å². The summed E-state index contributed by atoms with van der Waals surface area (Å²) in [7, 11) is -3.36. The highest BCUT2D eigenvalue weighted by molar-refractivity contribution is 7.89. The summed E-state index contributed by atoms with van der Waals surface area (Å²) < 4.78 is 82.7. The zero-order valence-corrected chi connectivity index (χ0v) is 22.9. The maximum absolute atomic E-state index is 14.0. The number of piperidine rings is 1. The van der Waals surface area contributed by atoms with Crippen LogP contribution in [0, 0.1) is 18.7 Å². The van der Waals surface area contributed by atoms with Crippen LogP contribution in [-0.4, -0.2) is 58.1 Å². The molecule has 0 atom stereocenters. The first kappa shape index (κ1) is 29.7. The van der Waals surface area contributed by atoms with Crippen molar-refractivity contribution in [2.75, 3.05) is 24.2 Å². The van der Waals surface area contributed by atoms with Gasteiger partial charge in [-0.05, 0) is 44.7 Å². The van der Waals surface area contributed by atoms with E-state index < -0.39 is 50.9 Å². The first-order chi connectivity index (χ1) is 18.6. The number of sulfonamides is 1. The van der Waals surface area contributed by atoms with Crippen molar-refractivity contribution in [2.24, 2.45) is 11.7 Å². The van der Waals surface area contributed by atoms with Crippen LogP contribution >= 0.6 is 11.6 Å². The summed E-state index contributed by atoms with van der Waals surface area (Å²) in [5.41, 5.74) is 2.52. The number of hydrogen-bond donors (Lipinski definition) is 2. The summed E-state index contributed by atoms with van der Waals surface area (Å²) >= 11 is 5.85. The van der Waals surface area contributed by atoms with Crippen molar-refractivity contribution in [3.63, 3.8) is 0 Å². The van der Waals surface area contributed by atoms with E-state index in [0.29, 0.717) is 12.8 Å². The quantitative estimate of drug-likeness (QED) is 0.391. The number of hydrogen-bond acceptors (Lipinski definition) is 6. The molecule has 2 amide bonds. The average molecular weight is 605 g/mol. The lowest BCUT2D eigenvalue weighted by molar-refractivity contribution is -0.140. The van der Waals surface area contributed by atoms with Gasteiger partial charge in [-0.2, -0.15) is 18.3 Å². The lowest BCUT2D eigenvalue weighted by atomic mass is 9.98. The number of rotatable bonds is 7. The molecule has 4 rings (SSSR count). The molecule has 3 heterocycles. The van der Waals surface area contributed by atoms with Crippen molar-refractivity contribution >= 4 is 50.0 Å². The molecule has 40 heavy (non-hydrogen) atoms. The topological polar surface area (TPSA) is 140 Å². The van der Waals surface area contributed by atoms with Gasteiger partial charge < -0.3 is 11.1 Å². The first-order valence-corrected chi connectivity index (χ1v) is 14.1. The minimum absolute atomic E-state index is 0.0127. The molecule has 0 saturated carbocycles. The molecule has 1 aromatic carbocycles. The number of carbonyl (C=O) groups is 2. The van der Waals surface area contributed by atoms with E-state index in [1.165, 1.54) is 11.2 Å². The maximum Gasteiger partial charge on any atom is 0.437 e. The second kappa shape index (κ2) is 10.9. The van der Waals surface area contributed by atoms with Crippen molar-refractivity contribution in [2.45, 2.75) is 39.4 Å². The number of alkyl halides is 3. The third-order valence-corrected chi connectivity index (χ3v) is 9.00. The van der Waals surface area contributed by atoms with E-state index in [2.05, 4.69) is 15.4 Å². The Morgan fingerprint density at radius 1 is 1.20 bits per heavy atom. The van der Waals surface area contributed by atoms with Crippen molar-refractivity contribution in [3.05, 3.63) is 51.7 Å². The predicted octanol–water partition coefficient (Wildman–Crippen LogP) is 3.96. The number of nitrogens with two attached hydrogens (primary N) is 1. The number of amides is 2. The summed E-state index contributed by atoms with van der Waals surface area (Å²) in [6.45, 7) is 3.47. The zero-order valence-electron chi connectivity index (χ0n) is 21.3. The minimum Gasteiger partial charge on any atom is -0.364 e. The molecule has 0 unspecified atom stereocenters. The summed E-state index contributed by atoms with van der Waals surface area (Å²) in [6.07, 6.45) is -4.07. The van der Waals surface area contributed by atoms with Crippen LogP contribution in [0.1, 0.15) is 52.0 Å². The van der Waals surface area contributed by atoms with Gasteiger partial charge in [0.25, 0.3) is 11.8 Å². The lowest BCUT2D eigenvalue weighted by Crippen LogP contribution is -2.40. The molecule has 1 aliphatic rings. The molecule has 0 spiro atoms. The number of pyridine rings is 1. The molecule has 0 radical (unpaired) electrons. The molecule has 10 nitrogen and oxygen atoms in total. The Hall–Kier alpha value is -3.30. The standard InChI is InChI=1S/C24H25ClF4N6O4S/c1-3-40(38,39)34-6-4-13(5-7-34)11-35-12(2)20(21(33-35)24(27,28)29)32-23(37)15-9-19(22(30)36)31-18-10-17(26)16(25)8-14(15)18/h8-10,13H,3-7,11H2,1-2H3,(H2,30,36)(H,32,37). The second-order valence-electron chi connectivity index (χ2n) is 9.39. The molecule has 0 aliphatic carbocycles. The molecule has 2 aromatic heterocycles. The molecule has 1 saturated heterocycles. The highest BCUT2D eigenvalue weighted by Gasteiger charge is 2.40. The summed E-state index contributed by atoms with van der Waals surface area (Å²) in [4.78, 5) is 29.0. The Morgan fingerprint density at radius 2 is 1.85 bits per heavy atom. The summed E-state index contributed by atoms with van der Waals surface area (Å²) in [5, 5.41) is 5.59. The predicted molar refractivity (Wildman–Crippen MR) is 139 cm³/mol. The van der Waals surface area contributed by atoms with Gasteiger partial charge in [0.05, 0.1) is 33.2 Å². The van der Waals surface area contributed by atoms with Crippen molar-refractivity contribution < 1.29 is 35.6 Å². The van der Waals surface area contributed by atoms with E-state index in [9.17, 15) is 35.6 Å². The molecule has 216 valence electrons. The average Bonchev–Trinajstić information content (AvgIpc) is 3.19. The third-order valence-electron chi connectivity index (χ3n) is 6.82. The molecular formula is C24H25ClF4N6O4S. The van der Waals surface area contributed by atoms with Crippen LogP contribution in [0.25, 0.3) is 10.9 Å². The lowest BCUT2D eigenvalue weighted by Gasteiger charge is -2.31. The largest absolute Gasteiger partial charge is 0.437 e. The van der Waals surface area contributed by atoms with Crippen molar-refractivity contribution in [1.29, 1.82) is 0 Å². The van der Waals surface area contributed by atoms with E-state index in [4.69, 9.17) is 17.3 Å². The highest BCUT2D eigenvalue weighted by Crippen LogP contribution is 2.37. The molecular weight excluding hydrogens is 580 g/mol. The van der Waals surface area contributed by atoms with Gasteiger partial charge in [0.1, 0.15) is 11.5 Å². The Kier molecular flexibility index (Phi) is 8.11. The fourth-order valence-corrected chi connectivity index (χ4v) is 5.88. The van der Waals surface area contributed by atoms with Crippen LogP contribution in [0.4, 0.5) is 23.2 Å². The normalized spacial score (nSPS) is 15.5. The van der Waals surface area contributed by atoms with Gasteiger partial charge in [-0.25, -0.2) is 22.1 Å². The van der Waals surface area contributed by atoms with Crippen LogP contribution in [0.3, 0.4) is 0 Å². The SMILES string of the molecule is CCS(=O)(=O)N1CCC(Cn2nc(C(F)(F)F)c(NC(=O)c3cc(C(N)=O)nc4cc(F)c(Cl)cc34)c2C)CC1. The number of fused-ring (bicyclic) bond motifs is 1. The fourth-order valence-electron chi connectivity index (χ4n) is 4.59. The minimum atomic E-state index is -4.93. The number of primary amides is 1. The highest BCUT2D eigenvalue weighted by atomic mass is 35.5.